The molecule has 224 valence electrons. The van der Waals surface area contributed by atoms with Gasteiger partial charge in [0.2, 0.25) is 23.6 Å². The average molecular weight is 700 g/mol. The molecule has 0 unspecified atom stereocenters. The number of thiazole rings is 1. The van der Waals surface area contributed by atoms with E-state index in [9.17, 15) is 24.3 Å². The summed E-state index contributed by atoms with van der Waals surface area (Å²) >= 11 is 3.52. The van der Waals surface area contributed by atoms with E-state index in [0.29, 0.717) is 4.43 Å². The molecule has 0 bridgehead atoms. The fourth-order valence-corrected chi connectivity index (χ4v) is 5.54. The number of aliphatic hydroxyl groups is 1. The molecule has 1 aliphatic heterocycles. The molecular weight excluding hydrogens is 661 g/mol. The van der Waals surface area contributed by atoms with Gasteiger partial charge in [0, 0.05) is 26.1 Å². The molecule has 1 fully saturated rings. The van der Waals surface area contributed by atoms with Crippen LogP contribution < -0.4 is 16.0 Å². The number of aromatic nitrogens is 1. The van der Waals surface area contributed by atoms with E-state index in [0.717, 1.165) is 21.7 Å². The molecule has 41 heavy (non-hydrogen) atoms. The molecule has 1 saturated heterocycles. The van der Waals surface area contributed by atoms with E-state index in [1.165, 1.54) is 4.90 Å². The van der Waals surface area contributed by atoms with Crippen molar-refractivity contribution < 1.29 is 29.0 Å². The van der Waals surface area contributed by atoms with Gasteiger partial charge in [0.15, 0.2) is 0 Å². The van der Waals surface area contributed by atoms with Gasteiger partial charge in [-0.3, -0.25) is 19.2 Å². The minimum Gasteiger partial charge on any atom is -0.391 e. The van der Waals surface area contributed by atoms with E-state index in [1.807, 2.05) is 80.1 Å². The molecule has 2 heterocycles. The molecule has 4 amide bonds. The molecule has 0 aliphatic carbocycles. The molecule has 4 N–H and O–H groups in total. The minimum absolute atomic E-state index is 0.00469. The third-order valence-electron chi connectivity index (χ3n) is 6.63. The fourth-order valence-electron chi connectivity index (χ4n) is 4.46. The topological polar surface area (TPSA) is 150 Å². The second-order valence-electron chi connectivity index (χ2n) is 11.0. The first-order chi connectivity index (χ1) is 19.4. The lowest BCUT2D eigenvalue weighted by Crippen LogP contribution is -2.58. The number of hydrogen-bond acceptors (Lipinski definition) is 8. The maximum Gasteiger partial charge on any atom is 0.246 e. The number of benzene rings is 1. The minimum atomic E-state index is -0.944. The molecule has 13 heteroatoms. The summed E-state index contributed by atoms with van der Waals surface area (Å²) < 4.78 is 5.66. The lowest BCUT2D eigenvalue weighted by Gasteiger charge is -2.35. The van der Waals surface area contributed by atoms with E-state index in [4.69, 9.17) is 4.74 Å². The molecule has 2 aromatic rings. The molecule has 11 nitrogen and oxygen atoms in total. The number of likely N-dealkylation sites (tertiary alicyclic amines) is 1. The Hall–Kier alpha value is -2.62. The number of β-amino-alcohol motifs (C(OH)–C–C–N with tert-alkyl or cyclic N) is 1. The van der Waals surface area contributed by atoms with Gasteiger partial charge in [-0.2, -0.15) is 0 Å². The molecule has 1 aliphatic rings. The van der Waals surface area contributed by atoms with Crippen LogP contribution in [0.5, 0.6) is 0 Å². The van der Waals surface area contributed by atoms with E-state index in [-0.39, 0.29) is 51.1 Å². The molecule has 0 spiro atoms. The first-order valence-electron chi connectivity index (χ1n) is 13.4. The number of hydrogen-bond donors (Lipinski definition) is 4. The van der Waals surface area contributed by atoms with E-state index < -0.39 is 35.4 Å². The van der Waals surface area contributed by atoms with Crippen LogP contribution in [0.3, 0.4) is 0 Å². The SMILES string of the molecule is Cc1ncsc1-c1ccc(CNC(=O)[C@@H]2C[C@@H](O)CN2C(=O)[C@@H](NC(=O)COCCNC(=O)CI)C(C)(C)C)cc1. The smallest absolute Gasteiger partial charge is 0.246 e. The molecule has 3 atom stereocenters. The monoisotopic (exact) mass is 699 g/mol. The Balaban J connectivity index is 1.58. The Morgan fingerprint density at radius 3 is 2.49 bits per heavy atom. The summed E-state index contributed by atoms with van der Waals surface area (Å²) in [4.78, 5) is 57.5. The van der Waals surface area contributed by atoms with Crippen molar-refractivity contribution in [3.63, 3.8) is 0 Å². The second kappa shape index (κ2) is 15.0. The number of nitrogens with zero attached hydrogens (tertiary/aromatic N) is 2. The van der Waals surface area contributed by atoms with Crippen molar-refractivity contribution in [3.05, 3.63) is 41.0 Å². The van der Waals surface area contributed by atoms with Gasteiger partial charge in [-0.1, -0.05) is 67.6 Å². The number of aliphatic hydroxyl groups excluding tert-OH is 1. The number of ether oxygens (including phenoxy) is 1. The quantitative estimate of drug-likeness (QED) is 0.150. The number of alkyl halides is 1. The lowest BCUT2D eigenvalue weighted by atomic mass is 9.85. The zero-order valence-electron chi connectivity index (χ0n) is 23.7. The number of halogens is 1. The van der Waals surface area contributed by atoms with Crippen LogP contribution in [-0.2, 0) is 30.5 Å². The third kappa shape index (κ3) is 9.45. The van der Waals surface area contributed by atoms with E-state index >= 15 is 0 Å². The van der Waals surface area contributed by atoms with Gasteiger partial charge in [-0.05, 0) is 23.5 Å². The summed E-state index contributed by atoms with van der Waals surface area (Å²) in [6.45, 7) is 7.81. The predicted octanol–water partition coefficient (Wildman–Crippen LogP) is 1.80. The maximum absolute atomic E-state index is 13.7. The van der Waals surface area contributed by atoms with Crippen LogP contribution in [0.15, 0.2) is 29.8 Å². The summed E-state index contributed by atoms with van der Waals surface area (Å²) in [6.07, 6.45) is -0.744. The van der Waals surface area contributed by atoms with Gasteiger partial charge in [0.05, 0.1) is 33.2 Å². The van der Waals surface area contributed by atoms with Crippen molar-refractivity contribution in [2.24, 2.45) is 5.41 Å². The van der Waals surface area contributed by atoms with Gasteiger partial charge in [-0.15, -0.1) is 11.3 Å². The molecule has 1 aromatic heterocycles. The number of rotatable bonds is 12. The van der Waals surface area contributed by atoms with Crippen LogP contribution >= 0.6 is 33.9 Å². The van der Waals surface area contributed by atoms with E-state index in [1.54, 1.807) is 11.3 Å². The Morgan fingerprint density at radius 1 is 1.17 bits per heavy atom. The largest absolute Gasteiger partial charge is 0.391 e. The zero-order valence-corrected chi connectivity index (χ0v) is 26.7. The van der Waals surface area contributed by atoms with Crippen molar-refractivity contribution >= 4 is 57.6 Å². The van der Waals surface area contributed by atoms with Crippen molar-refractivity contribution in [3.8, 4) is 10.4 Å². The van der Waals surface area contributed by atoms with Crippen LogP contribution in [0, 0.1) is 12.3 Å². The first kappa shape index (κ1) is 32.9. The number of carbonyl (C=O) groups excluding carboxylic acids is 4. The second-order valence-corrected chi connectivity index (χ2v) is 12.6. The first-order valence-corrected chi connectivity index (χ1v) is 15.8. The standard InChI is InChI=1S/C28H38IN5O6S/c1-17-24(41-16-32-17)19-7-5-18(6-8-19)13-31-26(38)21-11-20(35)14-34(21)27(39)25(28(2,3)4)33-23(37)15-40-10-9-30-22(36)12-29/h5-8,16,20-21,25,35H,9-15H2,1-4H3,(H,30,36)(H,31,38)(H,33,37)/t20-,21+,25-/m1/s1. The highest BCUT2D eigenvalue weighted by atomic mass is 127. The highest BCUT2D eigenvalue weighted by Crippen LogP contribution is 2.28. The summed E-state index contributed by atoms with van der Waals surface area (Å²) in [6, 6.07) is 6.03. The normalized spacial score (nSPS) is 17.7. The van der Waals surface area contributed by atoms with Crippen molar-refractivity contribution in [1.82, 2.24) is 25.8 Å². The fraction of sp³-hybridized carbons (Fsp3) is 0.536. The molecule has 0 radical (unpaired) electrons. The molecule has 0 saturated carbocycles. The van der Waals surface area contributed by atoms with E-state index in [2.05, 4.69) is 20.9 Å². The van der Waals surface area contributed by atoms with Crippen molar-refractivity contribution in [2.45, 2.75) is 58.8 Å². The van der Waals surface area contributed by atoms with Crippen LogP contribution in [-0.4, -0.2) is 87.5 Å². The summed E-state index contributed by atoms with van der Waals surface area (Å²) in [5, 5.41) is 18.6. The maximum atomic E-state index is 13.7. The number of carbonyl (C=O) groups is 4. The number of aryl methyl sites for hydroxylation is 1. The van der Waals surface area contributed by atoms with Crippen molar-refractivity contribution in [1.29, 1.82) is 0 Å². The lowest BCUT2D eigenvalue weighted by molar-refractivity contribution is -0.144. The Bertz CT molecular complexity index is 1220. The van der Waals surface area contributed by atoms with Gasteiger partial charge in [0.1, 0.15) is 18.7 Å². The predicted molar refractivity (Wildman–Crippen MR) is 164 cm³/mol. The van der Waals surface area contributed by atoms with Gasteiger partial charge >= 0.3 is 0 Å². The van der Waals surface area contributed by atoms with Gasteiger partial charge in [0.25, 0.3) is 0 Å². The van der Waals surface area contributed by atoms with Crippen molar-refractivity contribution in [2.75, 3.05) is 30.7 Å². The Labute approximate surface area is 258 Å². The highest BCUT2D eigenvalue weighted by molar-refractivity contribution is 14.1. The molecule has 1 aromatic carbocycles. The highest BCUT2D eigenvalue weighted by Gasteiger charge is 2.44. The van der Waals surface area contributed by atoms with Gasteiger partial charge < -0.3 is 30.7 Å². The summed E-state index contributed by atoms with van der Waals surface area (Å²) in [5.41, 5.74) is 4.06. The molecule has 3 rings (SSSR count). The summed E-state index contributed by atoms with van der Waals surface area (Å²) in [7, 11) is 0. The van der Waals surface area contributed by atoms with Crippen LogP contribution in [0.25, 0.3) is 10.4 Å². The van der Waals surface area contributed by atoms with Crippen LogP contribution in [0.4, 0.5) is 0 Å². The number of amides is 4. The Morgan fingerprint density at radius 2 is 1.88 bits per heavy atom. The number of nitrogens with one attached hydrogen (secondary N) is 3. The Kier molecular flexibility index (Phi) is 12.1. The third-order valence-corrected chi connectivity index (χ3v) is 8.30. The summed E-state index contributed by atoms with van der Waals surface area (Å²) in [5.74, 6) is -1.42. The van der Waals surface area contributed by atoms with Gasteiger partial charge in [-0.25, -0.2) is 4.98 Å². The molecular formula is C28H38IN5O6S. The average Bonchev–Trinajstić information content (AvgIpc) is 3.54. The van der Waals surface area contributed by atoms with Crippen LogP contribution in [0.2, 0.25) is 0 Å². The van der Waals surface area contributed by atoms with Crippen LogP contribution in [0.1, 0.15) is 38.4 Å². The zero-order chi connectivity index (χ0) is 30.2.